The molecule has 7 heteroatoms. The van der Waals surface area contributed by atoms with Crippen LogP contribution in [0.3, 0.4) is 0 Å². The third-order valence-electron chi connectivity index (χ3n) is 2.55. The number of anilines is 1. The molecule has 1 heterocycles. The van der Waals surface area contributed by atoms with Crippen LogP contribution in [0.5, 0.6) is 6.01 Å². The second kappa shape index (κ2) is 6.70. The fourth-order valence-corrected chi connectivity index (χ4v) is 1.73. The van der Waals surface area contributed by atoms with Gasteiger partial charge < -0.3 is 15.4 Å². The highest BCUT2D eigenvalue weighted by Gasteiger charge is 2.16. The molecule has 0 aliphatic rings. The molecule has 1 rings (SSSR count). The summed E-state index contributed by atoms with van der Waals surface area (Å²) in [5, 5.41) is 0.479. The Labute approximate surface area is 117 Å². The van der Waals surface area contributed by atoms with Crippen molar-refractivity contribution >= 4 is 34.6 Å². The molecule has 1 aromatic rings. The number of methoxy groups -OCH3 is 1. The Morgan fingerprint density at radius 3 is 2.83 bits per heavy atom. The zero-order valence-corrected chi connectivity index (χ0v) is 12.3. The molecular weight excluding hydrogens is 272 g/mol. The van der Waals surface area contributed by atoms with Gasteiger partial charge in [-0.3, -0.25) is 0 Å². The van der Waals surface area contributed by atoms with E-state index in [2.05, 4.69) is 9.97 Å². The van der Waals surface area contributed by atoms with Gasteiger partial charge >= 0.3 is 6.01 Å². The van der Waals surface area contributed by atoms with Crippen molar-refractivity contribution in [3.05, 3.63) is 11.2 Å². The summed E-state index contributed by atoms with van der Waals surface area (Å²) in [6.45, 7) is 5.38. The molecule has 0 amide bonds. The average Bonchev–Trinajstić information content (AvgIpc) is 2.36. The zero-order valence-electron chi connectivity index (χ0n) is 10.7. The molecule has 0 bridgehead atoms. The van der Waals surface area contributed by atoms with Gasteiger partial charge in [0.15, 0.2) is 5.82 Å². The Hall–Kier alpha value is -1.14. The first-order valence-corrected chi connectivity index (χ1v) is 6.39. The largest absolute Gasteiger partial charge is 0.467 e. The number of thiocarbonyl (C=S) groups is 1. The maximum Gasteiger partial charge on any atom is 0.318 e. The summed E-state index contributed by atoms with van der Waals surface area (Å²) in [6, 6.07) is 0.288. The highest BCUT2D eigenvalue weighted by atomic mass is 35.5. The zero-order chi connectivity index (χ0) is 13.7. The molecule has 0 saturated carbocycles. The van der Waals surface area contributed by atoms with E-state index in [4.69, 9.17) is 34.3 Å². The van der Waals surface area contributed by atoms with Crippen LogP contribution in [-0.4, -0.2) is 35.2 Å². The van der Waals surface area contributed by atoms with E-state index in [-0.39, 0.29) is 11.9 Å². The van der Waals surface area contributed by atoms with Gasteiger partial charge in [0.2, 0.25) is 0 Å². The van der Waals surface area contributed by atoms with Gasteiger partial charge in [0.1, 0.15) is 5.02 Å². The van der Waals surface area contributed by atoms with E-state index < -0.39 is 0 Å². The second-order valence-electron chi connectivity index (χ2n) is 3.87. The Balaban J connectivity index is 2.97. The quantitative estimate of drug-likeness (QED) is 0.807. The predicted molar refractivity (Wildman–Crippen MR) is 77.4 cm³/mol. The van der Waals surface area contributed by atoms with Gasteiger partial charge in [-0.1, -0.05) is 30.7 Å². The third-order valence-corrected chi connectivity index (χ3v) is 3.22. The van der Waals surface area contributed by atoms with E-state index in [1.165, 1.54) is 13.3 Å². The Bertz CT molecular complexity index is 430. The Morgan fingerprint density at radius 1 is 1.67 bits per heavy atom. The minimum absolute atomic E-state index is 0.0805. The van der Waals surface area contributed by atoms with Gasteiger partial charge in [-0.2, -0.15) is 4.98 Å². The number of hydrogen-bond donors (Lipinski definition) is 1. The number of ether oxygens (including phenoxy) is 1. The highest BCUT2D eigenvalue weighted by Crippen LogP contribution is 2.25. The fourth-order valence-electron chi connectivity index (χ4n) is 1.45. The van der Waals surface area contributed by atoms with Crippen LogP contribution in [0.15, 0.2) is 6.20 Å². The summed E-state index contributed by atoms with van der Waals surface area (Å²) < 4.78 is 5.00. The summed E-state index contributed by atoms with van der Waals surface area (Å²) >= 11 is 11.1. The van der Waals surface area contributed by atoms with Crippen LogP contribution in [0.1, 0.15) is 13.8 Å². The monoisotopic (exact) mass is 288 g/mol. The lowest BCUT2D eigenvalue weighted by atomic mass is 10.1. The van der Waals surface area contributed by atoms with E-state index >= 15 is 0 Å². The molecule has 0 saturated heterocycles. The molecule has 2 N–H and O–H groups in total. The van der Waals surface area contributed by atoms with Crippen molar-refractivity contribution in [2.45, 2.75) is 13.8 Å². The van der Waals surface area contributed by atoms with Crippen molar-refractivity contribution in [2.75, 3.05) is 25.1 Å². The second-order valence-corrected chi connectivity index (χ2v) is 4.75. The van der Waals surface area contributed by atoms with Crippen molar-refractivity contribution in [2.24, 2.45) is 11.7 Å². The SMILES string of the molecule is CCN(CC(C)C(N)=S)c1nc(OC)ncc1Cl. The molecule has 0 aromatic carbocycles. The Morgan fingerprint density at radius 2 is 2.33 bits per heavy atom. The fraction of sp³-hybridized carbons (Fsp3) is 0.545. The van der Waals surface area contributed by atoms with Crippen molar-refractivity contribution in [1.29, 1.82) is 0 Å². The lowest BCUT2D eigenvalue weighted by Crippen LogP contribution is -2.34. The van der Waals surface area contributed by atoms with Gasteiger partial charge in [-0.15, -0.1) is 0 Å². The summed E-state index contributed by atoms with van der Waals surface area (Å²) in [7, 11) is 1.51. The molecule has 1 unspecified atom stereocenters. The Kier molecular flexibility index (Phi) is 5.55. The first kappa shape index (κ1) is 14.9. The molecule has 1 aromatic heterocycles. The summed E-state index contributed by atoms with van der Waals surface area (Å²) in [5.41, 5.74) is 5.63. The molecule has 0 aliphatic carbocycles. The van der Waals surface area contributed by atoms with E-state index in [9.17, 15) is 0 Å². The standard InChI is InChI=1S/C11H17ClN4OS/c1-4-16(6-7(2)9(13)18)10-8(12)5-14-11(15-10)17-3/h5,7H,4,6H2,1-3H3,(H2,13,18). The molecule has 100 valence electrons. The number of nitrogens with two attached hydrogens (primary N) is 1. The van der Waals surface area contributed by atoms with Crippen molar-refractivity contribution < 1.29 is 4.74 Å². The summed E-state index contributed by atoms with van der Waals surface area (Å²) in [4.78, 5) is 10.7. The summed E-state index contributed by atoms with van der Waals surface area (Å²) in [6.07, 6.45) is 1.52. The smallest absolute Gasteiger partial charge is 0.318 e. The minimum Gasteiger partial charge on any atom is -0.467 e. The van der Waals surface area contributed by atoms with Crippen LogP contribution in [0.2, 0.25) is 5.02 Å². The number of halogens is 1. The molecule has 0 aliphatic heterocycles. The minimum atomic E-state index is 0.0805. The van der Waals surface area contributed by atoms with Crippen LogP contribution in [0, 0.1) is 5.92 Å². The maximum atomic E-state index is 6.10. The van der Waals surface area contributed by atoms with E-state index in [0.717, 1.165) is 6.54 Å². The average molecular weight is 289 g/mol. The van der Waals surface area contributed by atoms with Gasteiger partial charge in [0.25, 0.3) is 0 Å². The van der Waals surface area contributed by atoms with Gasteiger partial charge in [0, 0.05) is 19.0 Å². The van der Waals surface area contributed by atoms with Gasteiger partial charge in [0.05, 0.1) is 18.3 Å². The maximum absolute atomic E-state index is 6.10. The van der Waals surface area contributed by atoms with E-state index in [0.29, 0.717) is 22.4 Å². The lowest BCUT2D eigenvalue weighted by Gasteiger charge is -2.25. The van der Waals surface area contributed by atoms with Crippen molar-refractivity contribution in [3.8, 4) is 6.01 Å². The molecule has 18 heavy (non-hydrogen) atoms. The molecule has 0 spiro atoms. The van der Waals surface area contributed by atoms with Gasteiger partial charge in [-0.05, 0) is 6.92 Å². The normalized spacial score (nSPS) is 12.0. The highest BCUT2D eigenvalue weighted by molar-refractivity contribution is 7.80. The number of nitrogens with zero attached hydrogens (tertiary/aromatic N) is 3. The predicted octanol–water partition coefficient (Wildman–Crippen LogP) is 1.89. The number of hydrogen-bond acceptors (Lipinski definition) is 5. The topological polar surface area (TPSA) is 64.3 Å². The van der Waals surface area contributed by atoms with Crippen LogP contribution in [-0.2, 0) is 0 Å². The van der Waals surface area contributed by atoms with Crippen LogP contribution in [0.25, 0.3) is 0 Å². The van der Waals surface area contributed by atoms with Crippen molar-refractivity contribution in [1.82, 2.24) is 9.97 Å². The molecule has 0 fully saturated rings. The number of rotatable bonds is 6. The van der Waals surface area contributed by atoms with Crippen LogP contribution < -0.4 is 15.4 Å². The first-order valence-electron chi connectivity index (χ1n) is 5.60. The van der Waals surface area contributed by atoms with E-state index in [1.54, 1.807) is 0 Å². The lowest BCUT2D eigenvalue weighted by molar-refractivity contribution is 0.379. The first-order chi connectivity index (χ1) is 8.49. The van der Waals surface area contributed by atoms with Crippen LogP contribution in [0.4, 0.5) is 5.82 Å². The molecule has 1 atom stereocenters. The molecule has 5 nitrogen and oxygen atoms in total. The third kappa shape index (κ3) is 3.68. The molecule has 0 radical (unpaired) electrons. The van der Waals surface area contributed by atoms with E-state index in [1.807, 2.05) is 18.7 Å². The van der Waals surface area contributed by atoms with Gasteiger partial charge in [-0.25, -0.2) is 4.98 Å². The number of aromatic nitrogens is 2. The summed E-state index contributed by atoms with van der Waals surface area (Å²) in [5.74, 6) is 0.714. The molecular formula is C11H17ClN4OS. The van der Waals surface area contributed by atoms with Crippen molar-refractivity contribution in [3.63, 3.8) is 0 Å². The van der Waals surface area contributed by atoms with Crippen LogP contribution >= 0.6 is 23.8 Å².